The second kappa shape index (κ2) is 8.86. The largest absolute Gasteiger partial charge is 0.452 e. The van der Waals surface area contributed by atoms with E-state index in [1.807, 2.05) is 37.3 Å². The minimum Gasteiger partial charge on any atom is -0.452 e. The molecule has 4 nitrogen and oxygen atoms in total. The van der Waals surface area contributed by atoms with Gasteiger partial charge >= 0.3 is 5.97 Å². The van der Waals surface area contributed by atoms with Gasteiger partial charge in [-0.05, 0) is 31.2 Å². The maximum atomic E-state index is 12.7. The van der Waals surface area contributed by atoms with Gasteiger partial charge in [0.05, 0.1) is 5.92 Å². The smallest absolute Gasteiger partial charge is 0.314 e. The lowest BCUT2D eigenvalue weighted by atomic mass is 9.85. The summed E-state index contributed by atoms with van der Waals surface area (Å²) in [5.74, 6) is -0.682. The molecule has 1 N–H and O–H groups in total. The van der Waals surface area contributed by atoms with E-state index in [-0.39, 0.29) is 29.8 Å². The van der Waals surface area contributed by atoms with E-state index in [2.05, 4.69) is 12.2 Å². The Balaban J connectivity index is 1.99. The maximum absolute atomic E-state index is 12.7. The minimum atomic E-state index is -0.756. The fourth-order valence-electron chi connectivity index (χ4n) is 3.28. The second-order valence-electron chi connectivity index (χ2n) is 6.84. The molecule has 1 aromatic carbocycles. The van der Waals surface area contributed by atoms with Crippen LogP contribution in [0, 0.1) is 5.92 Å². The fraction of sp³-hybridized carbons (Fsp3) is 0.600. The predicted octanol–water partition coefficient (Wildman–Crippen LogP) is 3.81. The summed E-state index contributed by atoms with van der Waals surface area (Å²) in [5, 5.41) is 2.99. The number of ether oxygens (including phenoxy) is 1. The zero-order valence-electron chi connectivity index (χ0n) is 15.0. The van der Waals surface area contributed by atoms with Gasteiger partial charge in [-0.3, -0.25) is 9.59 Å². The van der Waals surface area contributed by atoms with E-state index < -0.39 is 6.10 Å². The van der Waals surface area contributed by atoms with Crippen molar-refractivity contribution in [3.8, 4) is 0 Å². The van der Waals surface area contributed by atoms with Crippen molar-refractivity contribution in [2.75, 3.05) is 0 Å². The molecule has 4 heteroatoms. The van der Waals surface area contributed by atoms with Crippen LogP contribution in [-0.2, 0) is 14.3 Å². The van der Waals surface area contributed by atoms with Crippen molar-refractivity contribution >= 4 is 11.9 Å². The zero-order valence-corrected chi connectivity index (χ0v) is 15.0. The summed E-state index contributed by atoms with van der Waals surface area (Å²) in [7, 11) is 0. The first kappa shape index (κ1) is 18.5. The normalized spacial score (nSPS) is 18.6. The van der Waals surface area contributed by atoms with Crippen LogP contribution in [0.4, 0.5) is 0 Å². The first-order valence-corrected chi connectivity index (χ1v) is 9.08. The molecule has 1 aliphatic rings. The van der Waals surface area contributed by atoms with Crippen molar-refractivity contribution in [3.63, 3.8) is 0 Å². The summed E-state index contributed by atoms with van der Waals surface area (Å²) in [4.78, 5) is 24.9. The Morgan fingerprint density at radius 2 is 1.79 bits per heavy atom. The van der Waals surface area contributed by atoms with Crippen LogP contribution in [0.3, 0.4) is 0 Å². The third-order valence-electron chi connectivity index (χ3n) is 4.99. The predicted molar refractivity (Wildman–Crippen MR) is 94.6 cm³/mol. The van der Waals surface area contributed by atoms with Crippen LogP contribution in [-0.4, -0.2) is 24.0 Å². The Morgan fingerprint density at radius 3 is 2.38 bits per heavy atom. The Bertz CT molecular complexity index is 537. The first-order chi connectivity index (χ1) is 11.5. The molecular weight excluding hydrogens is 302 g/mol. The quantitative estimate of drug-likeness (QED) is 0.773. The van der Waals surface area contributed by atoms with E-state index in [1.54, 1.807) is 6.92 Å². The number of amides is 1. The van der Waals surface area contributed by atoms with E-state index in [0.29, 0.717) is 0 Å². The van der Waals surface area contributed by atoms with Gasteiger partial charge in [0.1, 0.15) is 0 Å². The van der Waals surface area contributed by atoms with Crippen LogP contribution in [0.25, 0.3) is 0 Å². The highest BCUT2D eigenvalue weighted by atomic mass is 16.5. The lowest BCUT2D eigenvalue weighted by molar-refractivity contribution is -0.157. The fourth-order valence-corrected chi connectivity index (χ4v) is 3.28. The first-order valence-electron chi connectivity index (χ1n) is 9.08. The van der Waals surface area contributed by atoms with E-state index in [1.165, 1.54) is 0 Å². The van der Waals surface area contributed by atoms with Crippen molar-refractivity contribution in [2.45, 2.75) is 70.9 Å². The van der Waals surface area contributed by atoms with Crippen LogP contribution in [0.15, 0.2) is 30.3 Å². The molecule has 132 valence electrons. The van der Waals surface area contributed by atoms with Gasteiger partial charge in [0, 0.05) is 6.04 Å². The second-order valence-corrected chi connectivity index (χ2v) is 6.84. The molecule has 0 aliphatic heterocycles. The summed E-state index contributed by atoms with van der Waals surface area (Å²) < 4.78 is 5.51. The molecule has 0 heterocycles. The lowest BCUT2D eigenvalue weighted by Crippen LogP contribution is -2.41. The highest BCUT2D eigenvalue weighted by Gasteiger charge is 2.30. The molecule has 0 saturated heterocycles. The highest BCUT2D eigenvalue weighted by Crippen LogP contribution is 2.28. The highest BCUT2D eigenvalue weighted by molar-refractivity contribution is 5.85. The van der Waals surface area contributed by atoms with E-state index in [0.717, 1.165) is 37.7 Å². The average Bonchev–Trinajstić information content (AvgIpc) is 3.08. The van der Waals surface area contributed by atoms with Crippen molar-refractivity contribution < 1.29 is 14.3 Å². The number of hydrogen-bond acceptors (Lipinski definition) is 3. The van der Waals surface area contributed by atoms with E-state index in [9.17, 15) is 9.59 Å². The lowest BCUT2D eigenvalue weighted by Gasteiger charge is -2.24. The summed E-state index contributed by atoms with van der Waals surface area (Å²) in [6.45, 7) is 5.76. The van der Waals surface area contributed by atoms with E-state index >= 15 is 0 Å². The maximum Gasteiger partial charge on any atom is 0.314 e. The summed E-state index contributed by atoms with van der Waals surface area (Å²) >= 11 is 0. The molecule has 1 saturated carbocycles. The van der Waals surface area contributed by atoms with Crippen LogP contribution < -0.4 is 5.32 Å². The van der Waals surface area contributed by atoms with Gasteiger partial charge in [-0.2, -0.15) is 0 Å². The summed E-state index contributed by atoms with van der Waals surface area (Å²) in [5.41, 5.74) is 0.945. The molecule has 1 aliphatic carbocycles. The molecule has 2 rings (SSSR count). The molecule has 1 aromatic rings. The molecule has 0 bridgehead atoms. The summed E-state index contributed by atoms with van der Waals surface area (Å²) in [6, 6.07) is 9.91. The Kier molecular flexibility index (Phi) is 6.83. The number of hydrogen-bond donors (Lipinski definition) is 1. The standard InChI is InChI=1S/C20H29NO3/c1-4-14(2)18(16-10-6-5-7-11-16)20(23)24-15(3)19(22)21-17-12-8-9-13-17/h5-7,10-11,14-15,17-18H,4,8-9,12-13H2,1-3H3,(H,21,22)/t14-,15-,18-/m0/s1. The topological polar surface area (TPSA) is 55.4 Å². The van der Waals surface area contributed by atoms with Gasteiger partial charge in [-0.15, -0.1) is 0 Å². The zero-order chi connectivity index (χ0) is 17.5. The molecule has 0 aromatic heterocycles. The average molecular weight is 331 g/mol. The Labute approximate surface area is 145 Å². The third-order valence-corrected chi connectivity index (χ3v) is 4.99. The number of benzene rings is 1. The van der Waals surface area contributed by atoms with Gasteiger partial charge in [-0.25, -0.2) is 0 Å². The summed E-state index contributed by atoms with van der Waals surface area (Å²) in [6.07, 6.45) is 4.47. The Morgan fingerprint density at radius 1 is 1.17 bits per heavy atom. The number of esters is 1. The van der Waals surface area contributed by atoms with E-state index in [4.69, 9.17) is 4.74 Å². The molecular formula is C20H29NO3. The number of carbonyl (C=O) groups is 2. The van der Waals surface area contributed by atoms with Crippen LogP contribution in [0.5, 0.6) is 0 Å². The van der Waals surface area contributed by atoms with Crippen molar-refractivity contribution in [1.82, 2.24) is 5.32 Å². The minimum absolute atomic E-state index is 0.157. The Hall–Kier alpha value is -1.84. The molecule has 1 fully saturated rings. The monoisotopic (exact) mass is 331 g/mol. The number of nitrogens with one attached hydrogen (secondary N) is 1. The molecule has 24 heavy (non-hydrogen) atoms. The van der Waals surface area contributed by atoms with Gasteiger partial charge in [0.15, 0.2) is 6.10 Å². The van der Waals surface area contributed by atoms with Gasteiger partial charge in [0.2, 0.25) is 0 Å². The van der Waals surface area contributed by atoms with Crippen LogP contribution >= 0.6 is 0 Å². The van der Waals surface area contributed by atoms with Crippen LogP contribution in [0.1, 0.15) is 64.4 Å². The van der Waals surface area contributed by atoms with Gasteiger partial charge in [-0.1, -0.05) is 63.4 Å². The number of carbonyl (C=O) groups excluding carboxylic acids is 2. The SMILES string of the molecule is CC[C@H](C)[C@H](C(=O)O[C@@H](C)C(=O)NC1CCCC1)c1ccccc1. The number of rotatable bonds is 7. The molecule has 0 unspecified atom stereocenters. The molecule has 0 radical (unpaired) electrons. The molecule has 0 spiro atoms. The molecule has 1 amide bonds. The van der Waals surface area contributed by atoms with Crippen molar-refractivity contribution in [2.24, 2.45) is 5.92 Å². The van der Waals surface area contributed by atoms with Crippen molar-refractivity contribution in [3.05, 3.63) is 35.9 Å². The van der Waals surface area contributed by atoms with Gasteiger partial charge < -0.3 is 10.1 Å². The van der Waals surface area contributed by atoms with Crippen LogP contribution in [0.2, 0.25) is 0 Å². The third kappa shape index (κ3) is 4.83. The molecule has 3 atom stereocenters. The van der Waals surface area contributed by atoms with Crippen molar-refractivity contribution in [1.29, 1.82) is 0 Å². The van der Waals surface area contributed by atoms with Gasteiger partial charge in [0.25, 0.3) is 5.91 Å².